The van der Waals surface area contributed by atoms with E-state index in [0.29, 0.717) is 0 Å². The Morgan fingerprint density at radius 3 is 2.58 bits per heavy atom. The summed E-state index contributed by atoms with van der Waals surface area (Å²) in [7, 11) is 0. The van der Waals surface area contributed by atoms with Crippen LogP contribution in [0.3, 0.4) is 0 Å². The maximum Gasteiger partial charge on any atom is 0.0201 e. The zero-order valence-corrected chi connectivity index (χ0v) is 9.73. The Hall–Kier alpha value is -0.578. The van der Waals surface area contributed by atoms with E-state index in [1.807, 2.05) is 6.07 Å². The van der Waals surface area contributed by atoms with Crippen LogP contribution < -0.4 is 0 Å². The van der Waals surface area contributed by atoms with E-state index in [2.05, 4.69) is 26.0 Å². The molecule has 0 amide bonds. The minimum Gasteiger partial charge on any atom is -0.535 e. The summed E-state index contributed by atoms with van der Waals surface area (Å²) in [4.78, 5) is 0. The van der Waals surface area contributed by atoms with Crippen molar-refractivity contribution in [1.29, 1.82) is 0 Å². The summed E-state index contributed by atoms with van der Waals surface area (Å²) in [6.45, 7) is 4.17. The molecule has 1 aromatic carbocycles. The second-order valence-corrected chi connectivity index (χ2v) is 2.81. The molecule has 0 atom stereocenters. The standard InChI is InChI=1S/C10H9O.Re/c1-7-5-9-3-4-11-10(9)6-8(7)2;/h4-6H,1-2H3;/q-1;. The molecule has 0 unspecified atom stereocenters. The topological polar surface area (TPSA) is 13.1 Å². The first-order valence-electron chi connectivity index (χ1n) is 3.63. The Kier molecular flexibility index (Phi) is 2.72. The molecule has 1 aromatic heterocycles. The first kappa shape index (κ1) is 9.51. The largest absolute Gasteiger partial charge is 0.535 e. The van der Waals surface area contributed by atoms with Crippen molar-refractivity contribution in [3.05, 3.63) is 35.6 Å². The molecule has 0 N–H and O–H groups in total. The average Bonchev–Trinajstić information content (AvgIpc) is 2.36. The van der Waals surface area contributed by atoms with Gasteiger partial charge in [0.15, 0.2) is 0 Å². The van der Waals surface area contributed by atoms with Gasteiger partial charge in [-0.25, -0.2) is 0 Å². The second-order valence-electron chi connectivity index (χ2n) is 2.81. The van der Waals surface area contributed by atoms with Crippen molar-refractivity contribution >= 4 is 11.0 Å². The zero-order chi connectivity index (χ0) is 7.84. The molecule has 12 heavy (non-hydrogen) atoms. The summed E-state index contributed by atoms with van der Waals surface area (Å²) < 4.78 is 5.20. The number of hydrogen-bond donors (Lipinski definition) is 0. The summed E-state index contributed by atoms with van der Waals surface area (Å²) in [6.07, 6.45) is 1.60. The van der Waals surface area contributed by atoms with Crippen molar-refractivity contribution in [2.75, 3.05) is 0 Å². The predicted octanol–water partition coefficient (Wildman–Crippen LogP) is 2.85. The molecular weight excluding hydrogens is 322 g/mol. The van der Waals surface area contributed by atoms with E-state index in [9.17, 15) is 0 Å². The molecule has 0 saturated carbocycles. The van der Waals surface area contributed by atoms with Gasteiger partial charge in [0.1, 0.15) is 0 Å². The SMILES string of the molecule is Cc1cc2[c-]coc2cc1C.[Re]. The number of fused-ring (bicyclic) bond motifs is 1. The van der Waals surface area contributed by atoms with Gasteiger partial charge in [0.2, 0.25) is 0 Å². The summed E-state index contributed by atoms with van der Waals surface area (Å²) in [5.41, 5.74) is 3.48. The van der Waals surface area contributed by atoms with E-state index < -0.39 is 0 Å². The summed E-state index contributed by atoms with van der Waals surface area (Å²) in [6, 6.07) is 7.16. The first-order valence-corrected chi connectivity index (χ1v) is 3.63. The molecule has 63 valence electrons. The van der Waals surface area contributed by atoms with Crippen molar-refractivity contribution in [3.63, 3.8) is 0 Å². The van der Waals surface area contributed by atoms with Crippen molar-refractivity contribution in [3.8, 4) is 0 Å². The molecule has 2 rings (SSSR count). The Morgan fingerprint density at radius 2 is 1.83 bits per heavy atom. The van der Waals surface area contributed by atoms with Gasteiger partial charge in [-0.3, -0.25) is 0 Å². The summed E-state index contributed by atoms with van der Waals surface area (Å²) >= 11 is 0. The molecule has 1 nitrogen and oxygen atoms in total. The smallest absolute Gasteiger partial charge is 0.0201 e. The van der Waals surface area contributed by atoms with Crippen LogP contribution in [0.25, 0.3) is 11.0 Å². The number of benzene rings is 1. The summed E-state index contributed by atoms with van der Waals surface area (Å²) in [5.74, 6) is 0. The van der Waals surface area contributed by atoms with Gasteiger partial charge in [0.05, 0.1) is 0 Å². The molecule has 1 radical (unpaired) electrons. The molecule has 0 aliphatic rings. The second kappa shape index (κ2) is 3.43. The molecule has 0 saturated heterocycles. The van der Waals surface area contributed by atoms with Gasteiger partial charge >= 0.3 is 0 Å². The van der Waals surface area contributed by atoms with E-state index in [1.165, 1.54) is 11.1 Å². The van der Waals surface area contributed by atoms with Gasteiger partial charge in [-0.05, 0) is 6.92 Å². The third kappa shape index (κ3) is 1.46. The van der Waals surface area contributed by atoms with E-state index >= 15 is 0 Å². The molecule has 2 aromatic rings. The quantitative estimate of drug-likeness (QED) is 0.677. The monoisotopic (exact) mass is 332 g/mol. The number of rotatable bonds is 0. The average molecular weight is 331 g/mol. The van der Waals surface area contributed by atoms with E-state index in [1.54, 1.807) is 6.26 Å². The van der Waals surface area contributed by atoms with Gasteiger partial charge in [0, 0.05) is 32.3 Å². The maximum atomic E-state index is 5.20. The molecule has 1 heterocycles. The number of furan rings is 1. The van der Waals surface area contributed by atoms with Crippen LogP contribution in [0.15, 0.2) is 22.8 Å². The van der Waals surface area contributed by atoms with E-state index in [-0.39, 0.29) is 20.4 Å². The van der Waals surface area contributed by atoms with Crippen molar-refractivity contribution in [2.24, 2.45) is 0 Å². The van der Waals surface area contributed by atoms with E-state index in [4.69, 9.17) is 4.42 Å². The zero-order valence-electron chi connectivity index (χ0n) is 7.02. The van der Waals surface area contributed by atoms with Crippen LogP contribution in [0.5, 0.6) is 0 Å². The van der Waals surface area contributed by atoms with Crippen molar-refractivity contribution in [2.45, 2.75) is 13.8 Å². The predicted molar refractivity (Wildman–Crippen MR) is 44.5 cm³/mol. The minimum absolute atomic E-state index is 0. The molecule has 2 heteroatoms. The maximum absolute atomic E-state index is 5.20. The fourth-order valence-electron chi connectivity index (χ4n) is 1.16. The van der Waals surface area contributed by atoms with Crippen LogP contribution in [0.4, 0.5) is 0 Å². The van der Waals surface area contributed by atoms with Crippen LogP contribution in [0.1, 0.15) is 11.1 Å². The Labute approximate surface area is 85.4 Å². The molecule has 0 spiro atoms. The minimum atomic E-state index is 0. The van der Waals surface area contributed by atoms with Gasteiger partial charge in [-0.15, -0.1) is 17.0 Å². The van der Waals surface area contributed by atoms with Crippen LogP contribution >= 0.6 is 0 Å². The van der Waals surface area contributed by atoms with Crippen molar-refractivity contribution in [1.82, 2.24) is 0 Å². The Bertz CT molecular complexity index is 354. The van der Waals surface area contributed by atoms with Crippen LogP contribution in [0, 0.1) is 19.9 Å². The van der Waals surface area contributed by atoms with Crippen LogP contribution in [-0.2, 0) is 20.4 Å². The Balaban J connectivity index is 0.000000720. The normalized spacial score (nSPS) is 9.83. The van der Waals surface area contributed by atoms with Gasteiger partial charge < -0.3 is 4.42 Å². The molecular formula is C10H9ORe-. The van der Waals surface area contributed by atoms with Crippen molar-refractivity contribution < 1.29 is 24.8 Å². The molecule has 0 fully saturated rings. The van der Waals surface area contributed by atoms with Crippen LogP contribution in [-0.4, -0.2) is 0 Å². The molecule has 0 aliphatic carbocycles. The van der Waals surface area contributed by atoms with E-state index in [0.717, 1.165) is 11.0 Å². The van der Waals surface area contributed by atoms with Gasteiger partial charge in [0.25, 0.3) is 0 Å². The number of aryl methyl sites for hydroxylation is 2. The molecule has 0 aliphatic heterocycles. The third-order valence-corrected chi connectivity index (χ3v) is 2.00. The fourth-order valence-corrected chi connectivity index (χ4v) is 1.16. The molecule has 0 bridgehead atoms. The summed E-state index contributed by atoms with van der Waals surface area (Å²) in [5, 5.41) is 1.06. The third-order valence-electron chi connectivity index (χ3n) is 2.00. The number of hydrogen-bond acceptors (Lipinski definition) is 1. The fraction of sp³-hybridized carbons (Fsp3) is 0.200. The van der Waals surface area contributed by atoms with Crippen LogP contribution in [0.2, 0.25) is 0 Å². The Morgan fingerprint density at radius 1 is 1.17 bits per heavy atom. The van der Waals surface area contributed by atoms with Gasteiger partial charge in [-0.1, -0.05) is 18.6 Å². The first-order chi connectivity index (χ1) is 5.27. The van der Waals surface area contributed by atoms with Gasteiger partial charge in [-0.2, -0.15) is 6.07 Å².